The van der Waals surface area contributed by atoms with Crippen LogP contribution in [0, 0.1) is 13.8 Å². The average Bonchev–Trinajstić information content (AvgIpc) is 3.10. The van der Waals surface area contributed by atoms with E-state index in [-0.39, 0.29) is 11.9 Å². The summed E-state index contributed by atoms with van der Waals surface area (Å²) in [5.74, 6) is 2.11. The lowest BCUT2D eigenvalue weighted by molar-refractivity contribution is -0.119. The van der Waals surface area contributed by atoms with E-state index in [1.54, 1.807) is 0 Å². The summed E-state index contributed by atoms with van der Waals surface area (Å²) in [7, 11) is 0. The molecule has 1 N–H and O–H groups in total. The maximum absolute atomic E-state index is 12.3. The number of hydrogen-bond donors (Lipinski definition) is 1. The van der Waals surface area contributed by atoms with Crippen LogP contribution >= 0.6 is 11.8 Å². The molecular formula is C22H32N4O2S. The molecule has 1 saturated carbocycles. The largest absolute Gasteiger partial charge is 0.485 e. The highest BCUT2D eigenvalue weighted by Gasteiger charge is 2.19. The lowest BCUT2D eigenvalue weighted by Crippen LogP contribution is -2.37. The van der Waals surface area contributed by atoms with Gasteiger partial charge in [-0.15, -0.1) is 10.2 Å². The van der Waals surface area contributed by atoms with Crippen LogP contribution in [0.1, 0.15) is 68.9 Å². The highest BCUT2D eigenvalue weighted by molar-refractivity contribution is 7.99. The van der Waals surface area contributed by atoms with Crippen molar-refractivity contribution < 1.29 is 9.53 Å². The van der Waals surface area contributed by atoms with E-state index in [0.29, 0.717) is 18.4 Å². The van der Waals surface area contributed by atoms with Gasteiger partial charge in [0, 0.05) is 12.1 Å². The molecule has 0 atom stereocenters. The van der Waals surface area contributed by atoms with Gasteiger partial charge in [0.05, 0.1) is 5.75 Å². The topological polar surface area (TPSA) is 69.0 Å². The molecule has 7 heteroatoms. The third-order valence-corrected chi connectivity index (χ3v) is 6.25. The van der Waals surface area contributed by atoms with Crippen molar-refractivity contribution in [1.29, 1.82) is 0 Å². The summed E-state index contributed by atoms with van der Waals surface area (Å²) in [6.07, 6.45) is 5.90. The Bertz CT molecular complexity index is 808. The zero-order valence-electron chi connectivity index (χ0n) is 17.9. The SMILES string of the molecule is Cc1cccc(C)c1OCc1nnc(SCC(=O)NC2CCCCC2)n1C(C)C. The average molecular weight is 417 g/mol. The summed E-state index contributed by atoms with van der Waals surface area (Å²) in [5, 5.41) is 12.6. The van der Waals surface area contributed by atoms with Gasteiger partial charge < -0.3 is 14.6 Å². The van der Waals surface area contributed by atoms with Gasteiger partial charge in [0.1, 0.15) is 12.4 Å². The van der Waals surface area contributed by atoms with Gasteiger partial charge in [-0.1, -0.05) is 49.2 Å². The van der Waals surface area contributed by atoms with Crippen LogP contribution < -0.4 is 10.1 Å². The molecule has 0 unspecified atom stereocenters. The van der Waals surface area contributed by atoms with Gasteiger partial charge in [0.2, 0.25) is 5.91 Å². The molecule has 2 aromatic rings. The van der Waals surface area contributed by atoms with Crippen LogP contribution in [-0.4, -0.2) is 32.5 Å². The van der Waals surface area contributed by atoms with Crippen LogP contribution in [0.25, 0.3) is 0 Å². The molecule has 1 aromatic heterocycles. The molecule has 0 radical (unpaired) electrons. The van der Waals surface area contributed by atoms with Gasteiger partial charge in [0.15, 0.2) is 11.0 Å². The normalized spacial score (nSPS) is 14.9. The Balaban J connectivity index is 1.61. The number of carbonyl (C=O) groups excluding carboxylic acids is 1. The Morgan fingerprint density at radius 1 is 1.21 bits per heavy atom. The molecule has 3 rings (SSSR count). The molecule has 1 amide bonds. The van der Waals surface area contributed by atoms with Crippen molar-refractivity contribution in [1.82, 2.24) is 20.1 Å². The summed E-state index contributed by atoms with van der Waals surface area (Å²) in [6, 6.07) is 6.64. The summed E-state index contributed by atoms with van der Waals surface area (Å²) in [6.45, 7) is 8.63. The van der Waals surface area contributed by atoms with Gasteiger partial charge in [-0.05, 0) is 51.7 Å². The third-order valence-electron chi connectivity index (χ3n) is 5.31. The first-order chi connectivity index (χ1) is 14.0. The van der Waals surface area contributed by atoms with Crippen LogP contribution in [0.4, 0.5) is 0 Å². The first-order valence-electron chi connectivity index (χ1n) is 10.5. The van der Waals surface area contributed by atoms with Crippen molar-refractivity contribution >= 4 is 17.7 Å². The zero-order chi connectivity index (χ0) is 20.8. The van der Waals surface area contributed by atoms with Crippen molar-refractivity contribution in [3.8, 4) is 5.75 Å². The number of benzene rings is 1. The van der Waals surface area contributed by atoms with Gasteiger partial charge in [-0.3, -0.25) is 4.79 Å². The molecule has 0 spiro atoms. The van der Waals surface area contributed by atoms with Crippen molar-refractivity contribution in [2.45, 2.75) is 83.6 Å². The molecule has 1 heterocycles. The van der Waals surface area contributed by atoms with Crippen LogP contribution in [0.5, 0.6) is 5.75 Å². The molecule has 1 aliphatic carbocycles. The Morgan fingerprint density at radius 2 is 1.90 bits per heavy atom. The van der Waals surface area contributed by atoms with E-state index in [2.05, 4.69) is 33.9 Å². The number of rotatable bonds is 8. The lowest BCUT2D eigenvalue weighted by atomic mass is 9.95. The number of amides is 1. The quantitative estimate of drug-likeness (QED) is 0.637. The molecule has 0 bridgehead atoms. The van der Waals surface area contributed by atoms with Gasteiger partial charge in [-0.2, -0.15) is 0 Å². The number of nitrogens with zero attached hydrogens (tertiary/aromatic N) is 3. The molecule has 29 heavy (non-hydrogen) atoms. The van der Waals surface area contributed by atoms with Crippen molar-refractivity contribution in [2.75, 3.05) is 5.75 Å². The van der Waals surface area contributed by atoms with E-state index in [9.17, 15) is 4.79 Å². The highest BCUT2D eigenvalue weighted by Crippen LogP contribution is 2.26. The van der Waals surface area contributed by atoms with E-state index in [1.165, 1.54) is 31.0 Å². The number of para-hydroxylation sites is 1. The Kier molecular flexibility index (Phi) is 7.58. The number of thioether (sulfide) groups is 1. The molecule has 1 aliphatic rings. The number of aromatic nitrogens is 3. The second kappa shape index (κ2) is 10.1. The molecular weight excluding hydrogens is 384 g/mol. The number of ether oxygens (including phenoxy) is 1. The van der Waals surface area contributed by atoms with E-state index < -0.39 is 0 Å². The van der Waals surface area contributed by atoms with Crippen LogP contribution in [0.3, 0.4) is 0 Å². The van der Waals surface area contributed by atoms with E-state index in [4.69, 9.17) is 4.74 Å². The maximum atomic E-state index is 12.3. The van der Waals surface area contributed by atoms with Gasteiger partial charge in [-0.25, -0.2) is 0 Å². The van der Waals surface area contributed by atoms with Crippen molar-refractivity contribution in [3.05, 3.63) is 35.2 Å². The highest BCUT2D eigenvalue weighted by atomic mass is 32.2. The minimum Gasteiger partial charge on any atom is -0.485 e. The molecule has 158 valence electrons. The summed E-state index contributed by atoms with van der Waals surface area (Å²) < 4.78 is 8.13. The predicted molar refractivity (Wildman–Crippen MR) is 116 cm³/mol. The summed E-state index contributed by atoms with van der Waals surface area (Å²) >= 11 is 1.44. The van der Waals surface area contributed by atoms with E-state index in [0.717, 1.165) is 40.7 Å². The van der Waals surface area contributed by atoms with E-state index in [1.807, 2.05) is 32.0 Å². The van der Waals surface area contributed by atoms with Crippen LogP contribution in [-0.2, 0) is 11.4 Å². The first kappa shape index (κ1) is 21.7. The second-order valence-corrected chi connectivity index (χ2v) is 9.01. The number of hydrogen-bond acceptors (Lipinski definition) is 5. The minimum atomic E-state index is 0.0774. The Labute approximate surface area is 177 Å². The predicted octanol–water partition coefficient (Wildman–Crippen LogP) is 4.60. The third kappa shape index (κ3) is 5.75. The molecule has 0 saturated heterocycles. The second-order valence-electron chi connectivity index (χ2n) is 8.06. The smallest absolute Gasteiger partial charge is 0.230 e. The maximum Gasteiger partial charge on any atom is 0.230 e. The molecule has 1 fully saturated rings. The number of carbonyl (C=O) groups is 1. The summed E-state index contributed by atoms with van der Waals surface area (Å²) in [4.78, 5) is 12.3. The van der Waals surface area contributed by atoms with Gasteiger partial charge in [0.25, 0.3) is 0 Å². The van der Waals surface area contributed by atoms with Crippen molar-refractivity contribution in [2.24, 2.45) is 0 Å². The number of nitrogens with one attached hydrogen (secondary N) is 1. The molecule has 1 aromatic carbocycles. The van der Waals surface area contributed by atoms with Gasteiger partial charge >= 0.3 is 0 Å². The fraction of sp³-hybridized carbons (Fsp3) is 0.591. The Hall–Kier alpha value is -2.02. The minimum absolute atomic E-state index is 0.0774. The Morgan fingerprint density at radius 3 is 2.55 bits per heavy atom. The zero-order valence-corrected chi connectivity index (χ0v) is 18.7. The van der Waals surface area contributed by atoms with Crippen LogP contribution in [0.2, 0.25) is 0 Å². The fourth-order valence-corrected chi connectivity index (χ4v) is 4.73. The summed E-state index contributed by atoms with van der Waals surface area (Å²) in [5.41, 5.74) is 2.21. The van der Waals surface area contributed by atoms with Crippen molar-refractivity contribution in [3.63, 3.8) is 0 Å². The first-order valence-corrected chi connectivity index (χ1v) is 11.5. The lowest BCUT2D eigenvalue weighted by Gasteiger charge is -2.22. The fourth-order valence-electron chi connectivity index (χ4n) is 3.83. The van der Waals surface area contributed by atoms with Crippen LogP contribution in [0.15, 0.2) is 23.4 Å². The van der Waals surface area contributed by atoms with E-state index >= 15 is 0 Å². The monoisotopic (exact) mass is 416 g/mol. The number of aryl methyl sites for hydroxylation is 2. The molecule has 6 nitrogen and oxygen atoms in total. The standard InChI is InChI=1S/C22H32N4O2S/c1-15(2)26-19(13-28-21-16(3)9-8-10-17(21)4)24-25-22(26)29-14-20(27)23-18-11-6-5-7-12-18/h8-10,15,18H,5-7,11-14H2,1-4H3,(H,23,27). The molecule has 0 aliphatic heterocycles.